The zero-order valence-electron chi connectivity index (χ0n) is 12.7. The zero-order valence-corrected chi connectivity index (χ0v) is 12.7. The largest absolute Gasteiger partial charge is 0.348 e. The molecule has 0 fully saturated rings. The highest BCUT2D eigenvalue weighted by Gasteiger charge is 2.10. The number of aryl methyl sites for hydroxylation is 2. The molecule has 0 aliphatic heterocycles. The number of nitrogens with one attached hydrogen (secondary N) is 1. The maximum Gasteiger partial charge on any atom is 0.220 e. The third-order valence-electron chi connectivity index (χ3n) is 3.58. The Morgan fingerprint density at radius 3 is 2.48 bits per heavy atom. The summed E-state index contributed by atoms with van der Waals surface area (Å²) in [7, 11) is 0. The van der Waals surface area contributed by atoms with Gasteiger partial charge in [-0.3, -0.25) is 9.78 Å². The van der Waals surface area contributed by atoms with Gasteiger partial charge in [0.1, 0.15) is 0 Å². The molecule has 1 amide bonds. The summed E-state index contributed by atoms with van der Waals surface area (Å²) >= 11 is 0. The molecule has 1 unspecified atom stereocenters. The van der Waals surface area contributed by atoms with Crippen LogP contribution in [0.5, 0.6) is 0 Å². The summed E-state index contributed by atoms with van der Waals surface area (Å²) in [5.74, 6) is 0.0627. The van der Waals surface area contributed by atoms with Crippen molar-refractivity contribution in [3.05, 3.63) is 65.5 Å². The second-order valence-electron chi connectivity index (χ2n) is 5.21. The first-order valence-electron chi connectivity index (χ1n) is 7.47. The molecule has 0 aliphatic rings. The molecule has 3 nitrogen and oxygen atoms in total. The number of aromatic nitrogens is 1. The molecule has 1 N–H and O–H groups in total. The Labute approximate surface area is 126 Å². The van der Waals surface area contributed by atoms with E-state index in [4.69, 9.17) is 0 Å². The summed E-state index contributed by atoms with van der Waals surface area (Å²) in [5, 5.41) is 2.99. The lowest BCUT2D eigenvalue weighted by atomic mass is 10.1. The Kier molecular flexibility index (Phi) is 5.50. The van der Waals surface area contributed by atoms with Crippen molar-refractivity contribution in [2.75, 3.05) is 0 Å². The summed E-state index contributed by atoms with van der Waals surface area (Å²) in [6.07, 6.45) is 4.06. The van der Waals surface area contributed by atoms with Gasteiger partial charge < -0.3 is 5.32 Å². The molecular weight excluding hydrogens is 260 g/mol. The third-order valence-corrected chi connectivity index (χ3v) is 3.58. The number of benzene rings is 1. The Morgan fingerprint density at radius 1 is 1.14 bits per heavy atom. The number of pyridine rings is 1. The van der Waals surface area contributed by atoms with Crippen LogP contribution < -0.4 is 5.32 Å². The first kappa shape index (κ1) is 15.2. The smallest absolute Gasteiger partial charge is 0.220 e. The van der Waals surface area contributed by atoms with Crippen molar-refractivity contribution >= 4 is 5.91 Å². The number of carbonyl (C=O) groups excluding carboxylic acids is 1. The van der Waals surface area contributed by atoms with Crippen LogP contribution in [0.4, 0.5) is 0 Å². The van der Waals surface area contributed by atoms with E-state index in [2.05, 4.69) is 41.5 Å². The number of rotatable bonds is 6. The van der Waals surface area contributed by atoms with Crippen LogP contribution in [0.15, 0.2) is 48.7 Å². The van der Waals surface area contributed by atoms with Crippen molar-refractivity contribution in [2.24, 2.45) is 0 Å². The van der Waals surface area contributed by atoms with Crippen LogP contribution in [0.25, 0.3) is 0 Å². The molecule has 0 aliphatic carbocycles. The molecule has 1 heterocycles. The van der Waals surface area contributed by atoms with E-state index >= 15 is 0 Å². The van der Waals surface area contributed by atoms with Crippen molar-refractivity contribution in [1.82, 2.24) is 10.3 Å². The van der Waals surface area contributed by atoms with Gasteiger partial charge in [0.25, 0.3) is 0 Å². The highest BCUT2D eigenvalue weighted by molar-refractivity contribution is 5.76. The predicted octanol–water partition coefficient (Wildman–Crippen LogP) is 3.45. The number of hydrogen-bond acceptors (Lipinski definition) is 2. The van der Waals surface area contributed by atoms with Crippen molar-refractivity contribution in [2.45, 2.75) is 39.2 Å². The lowest BCUT2D eigenvalue weighted by molar-refractivity contribution is -0.121. The van der Waals surface area contributed by atoms with E-state index in [-0.39, 0.29) is 11.9 Å². The van der Waals surface area contributed by atoms with Crippen molar-refractivity contribution in [1.29, 1.82) is 0 Å². The van der Waals surface area contributed by atoms with E-state index in [1.807, 2.05) is 25.1 Å². The number of hydrogen-bond donors (Lipinski definition) is 1. The molecule has 2 rings (SSSR count). The van der Waals surface area contributed by atoms with Crippen LogP contribution in [0.2, 0.25) is 0 Å². The highest BCUT2D eigenvalue weighted by atomic mass is 16.1. The van der Waals surface area contributed by atoms with E-state index in [1.54, 1.807) is 6.20 Å². The van der Waals surface area contributed by atoms with Gasteiger partial charge in [0.2, 0.25) is 5.91 Å². The van der Waals surface area contributed by atoms with E-state index < -0.39 is 0 Å². The molecule has 21 heavy (non-hydrogen) atoms. The van der Waals surface area contributed by atoms with Gasteiger partial charge in [0, 0.05) is 12.6 Å². The number of nitrogens with zero attached hydrogens (tertiary/aromatic N) is 1. The third kappa shape index (κ3) is 4.71. The maximum absolute atomic E-state index is 12.0. The average Bonchev–Trinajstić information content (AvgIpc) is 2.54. The predicted molar refractivity (Wildman–Crippen MR) is 84.9 cm³/mol. The van der Waals surface area contributed by atoms with Crippen LogP contribution in [-0.4, -0.2) is 10.9 Å². The van der Waals surface area contributed by atoms with Crippen LogP contribution in [-0.2, 0) is 17.6 Å². The van der Waals surface area contributed by atoms with Gasteiger partial charge in [-0.1, -0.05) is 37.3 Å². The van der Waals surface area contributed by atoms with E-state index in [1.165, 1.54) is 11.1 Å². The van der Waals surface area contributed by atoms with Crippen LogP contribution in [0, 0.1) is 0 Å². The van der Waals surface area contributed by atoms with Gasteiger partial charge in [-0.15, -0.1) is 0 Å². The second kappa shape index (κ2) is 7.58. The standard InChI is InChI=1S/C18H22N2O/c1-3-15-7-9-16(10-8-15)11-12-18(21)20-14(2)17-6-4-5-13-19-17/h4-10,13-14H,3,11-12H2,1-2H3,(H,20,21). The molecule has 0 saturated carbocycles. The molecular formula is C18H22N2O. The minimum atomic E-state index is -0.0545. The monoisotopic (exact) mass is 282 g/mol. The van der Waals surface area contributed by atoms with Crippen molar-refractivity contribution < 1.29 is 4.79 Å². The van der Waals surface area contributed by atoms with Crippen molar-refractivity contribution in [3.63, 3.8) is 0 Å². The summed E-state index contributed by atoms with van der Waals surface area (Å²) in [6, 6.07) is 14.1. The normalized spacial score (nSPS) is 11.9. The quantitative estimate of drug-likeness (QED) is 0.881. The SMILES string of the molecule is CCc1ccc(CCC(=O)NC(C)c2ccccn2)cc1. The molecule has 1 aromatic carbocycles. The molecule has 3 heteroatoms. The van der Waals surface area contributed by atoms with E-state index in [0.29, 0.717) is 6.42 Å². The van der Waals surface area contributed by atoms with Gasteiger partial charge in [-0.05, 0) is 43.0 Å². The minimum absolute atomic E-state index is 0.0545. The zero-order chi connectivity index (χ0) is 15.1. The van der Waals surface area contributed by atoms with Crippen LogP contribution in [0.3, 0.4) is 0 Å². The molecule has 2 aromatic rings. The fourth-order valence-corrected chi connectivity index (χ4v) is 2.22. The van der Waals surface area contributed by atoms with Gasteiger partial charge >= 0.3 is 0 Å². The number of amides is 1. The summed E-state index contributed by atoms with van der Waals surface area (Å²) < 4.78 is 0. The molecule has 1 aromatic heterocycles. The van der Waals surface area contributed by atoms with Gasteiger partial charge in [-0.25, -0.2) is 0 Å². The summed E-state index contributed by atoms with van der Waals surface area (Å²) in [5.41, 5.74) is 3.41. The average molecular weight is 282 g/mol. The molecule has 1 atom stereocenters. The first-order chi connectivity index (χ1) is 10.2. The van der Waals surface area contributed by atoms with Crippen LogP contribution in [0.1, 0.15) is 43.1 Å². The fraction of sp³-hybridized carbons (Fsp3) is 0.333. The van der Waals surface area contributed by atoms with Gasteiger partial charge in [0.05, 0.1) is 11.7 Å². The lowest BCUT2D eigenvalue weighted by Crippen LogP contribution is -2.27. The Hall–Kier alpha value is -2.16. The van der Waals surface area contributed by atoms with E-state index in [9.17, 15) is 4.79 Å². The molecule has 110 valence electrons. The molecule has 0 radical (unpaired) electrons. The molecule has 0 spiro atoms. The molecule has 0 bridgehead atoms. The topological polar surface area (TPSA) is 42.0 Å². The summed E-state index contributed by atoms with van der Waals surface area (Å²) in [4.78, 5) is 16.2. The van der Waals surface area contributed by atoms with Gasteiger partial charge in [-0.2, -0.15) is 0 Å². The van der Waals surface area contributed by atoms with Crippen LogP contribution >= 0.6 is 0 Å². The van der Waals surface area contributed by atoms with Gasteiger partial charge in [0.15, 0.2) is 0 Å². The maximum atomic E-state index is 12.0. The Balaban J connectivity index is 1.81. The Bertz CT molecular complexity index is 564. The summed E-state index contributed by atoms with van der Waals surface area (Å²) in [6.45, 7) is 4.09. The first-order valence-corrected chi connectivity index (χ1v) is 7.47. The number of carbonyl (C=O) groups is 1. The lowest BCUT2D eigenvalue weighted by Gasteiger charge is -2.13. The fourth-order valence-electron chi connectivity index (χ4n) is 2.22. The van der Waals surface area contributed by atoms with Crippen molar-refractivity contribution in [3.8, 4) is 0 Å². The Morgan fingerprint density at radius 2 is 1.86 bits per heavy atom. The second-order valence-corrected chi connectivity index (χ2v) is 5.21. The van der Waals surface area contributed by atoms with E-state index in [0.717, 1.165) is 18.5 Å². The minimum Gasteiger partial charge on any atom is -0.348 e. The highest BCUT2D eigenvalue weighted by Crippen LogP contribution is 2.10. The molecule has 0 saturated heterocycles.